The lowest BCUT2D eigenvalue weighted by atomic mass is 9.94. The second kappa shape index (κ2) is 25.2. The van der Waals surface area contributed by atoms with E-state index in [1.54, 1.807) is 41.5 Å². The van der Waals surface area contributed by atoms with E-state index in [4.69, 9.17) is 16.2 Å². The summed E-state index contributed by atoms with van der Waals surface area (Å²) in [6.45, 7) is 16.1. The maximum Gasteiger partial charge on any atom is 0.408 e. The average Bonchev–Trinajstić information content (AvgIpc) is 3.95. The van der Waals surface area contributed by atoms with Crippen molar-refractivity contribution in [2.45, 2.75) is 149 Å². The van der Waals surface area contributed by atoms with Crippen molar-refractivity contribution in [3.05, 3.63) is 72.3 Å². The first-order valence-corrected chi connectivity index (χ1v) is 22.1. The van der Waals surface area contributed by atoms with Crippen molar-refractivity contribution in [3.63, 3.8) is 0 Å². The number of nitrogens with zero attached hydrogens (tertiary/aromatic N) is 2. The quantitative estimate of drug-likeness (QED) is 0.0580. The summed E-state index contributed by atoms with van der Waals surface area (Å²) in [5.41, 5.74) is 13.3. The molecule has 3 aromatic rings. The summed E-state index contributed by atoms with van der Waals surface area (Å²) in [6, 6.07) is 1.82. The molecule has 8 atom stereocenters. The lowest BCUT2D eigenvalue weighted by Crippen LogP contribution is -2.60. The number of alkyl carbamates (subject to hydrolysis) is 1. The number of rotatable bonds is 25. The third-order valence-electron chi connectivity index (χ3n) is 10.6. The maximum atomic E-state index is 14.2. The van der Waals surface area contributed by atoms with Crippen molar-refractivity contribution in [2.24, 2.45) is 29.2 Å². The summed E-state index contributed by atoms with van der Waals surface area (Å²) in [4.78, 5) is 108. The highest BCUT2D eigenvalue weighted by Gasteiger charge is 2.35. The Kier molecular flexibility index (Phi) is 20.6. The number of carbonyl (C=O) groups excluding carboxylic acids is 7. The standard InChI is InChI=1S/C45H70N12O8/c1-10-27(6)38(43(63)53-33(39(47)59)18-29-21-48-23-50-29)57-42(62)37(26(4)5)56-36(58)20-31(46)32(16-25(2)3)52-41(61)35(19-30-22-49-24-51-30)54-40(60)34(17-28-14-12-11-13-15-28)55-44(64)65-45(7,8)9/h11-15,21-27,31-35,37-38H,10,16-20,46H2,1-9H3,(H2,47,59)(H,48,50)(H,49,51)(H,52,61)(H,53,63)(H,54,60)(H,55,64)(H,56,58)(H,57,62)/t27-,31+,32-,33-,34-,35-,37-,38-/m0/s1. The van der Waals surface area contributed by atoms with Crippen molar-refractivity contribution < 1.29 is 38.3 Å². The van der Waals surface area contributed by atoms with Crippen LogP contribution in [0, 0.1) is 17.8 Å². The minimum absolute atomic E-state index is 0.000471. The van der Waals surface area contributed by atoms with Gasteiger partial charge in [-0.15, -0.1) is 0 Å². The van der Waals surface area contributed by atoms with Gasteiger partial charge in [-0.3, -0.25) is 28.8 Å². The number of nitrogens with two attached hydrogens (primary N) is 2. The molecule has 358 valence electrons. The van der Waals surface area contributed by atoms with Gasteiger partial charge in [-0.2, -0.15) is 0 Å². The molecule has 0 spiro atoms. The molecule has 0 aliphatic heterocycles. The van der Waals surface area contributed by atoms with Crippen LogP contribution in [0.3, 0.4) is 0 Å². The van der Waals surface area contributed by atoms with Gasteiger partial charge in [0.05, 0.1) is 12.7 Å². The highest BCUT2D eigenvalue weighted by atomic mass is 16.6. The Labute approximate surface area is 381 Å². The molecule has 20 heteroatoms. The van der Waals surface area contributed by atoms with Crippen LogP contribution in [0.15, 0.2) is 55.4 Å². The smallest absolute Gasteiger partial charge is 0.408 e. The topological polar surface area (TPSA) is 310 Å². The second-order valence-electron chi connectivity index (χ2n) is 18.2. The second-order valence-corrected chi connectivity index (χ2v) is 18.2. The molecule has 0 fully saturated rings. The van der Waals surface area contributed by atoms with E-state index in [-0.39, 0.29) is 37.5 Å². The minimum atomic E-state index is -1.18. The van der Waals surface area contributed by atoms with Crippen LogP contribution in [0.2, 0.25) is 0 Å². The van der Waals surface area contributed by atoms with Gasteiger partial charge in [0, 0.05) is 61.5 Å². The first kappa shape index (κ1) is 53.0. The van der Waals surface area contributed by atoms with E-state index in [1.807, 2.05) is 51.1 Å². The molecule has 0 saturated heterocycles. The molecule has 65 heavy (non-hydrogen) atoms. The molecule has 3 rings (SSSR count). The van der Waals surface area contributed by atoms with Crippen molar-refractivity contribution in [1.82, 2.24) is 51.8 Å². The number of aromatic amines is 2. The maximum absolute atomic E-state index is 14.2. The fourth-order valence-electron chi connectivity index (χ4n) is 6.91. The van der Waals surface area contributed by atoms with Gasteiger partial charge in [0.2, 0.25) is 35.4 Å². The Balaban J connectivity index is 1.77. The van der Waals surface area contributed by atoms with Crippen LogP contribution in [0.4, 0.5) is 4.79 Å². The van der Waals surface area contributed by atoms with Gasteiger partial charge in [-0.25, -0.2) is 14.8 Å². The van der Waals surface area contributed by atoms with E-state index < -0.39 is 95.3 Å². The van der Waals surface area contributed by atoms with Crippen molar-refractivity contribution in [3.8, 4) is 0 Å². The third-order valence-corrected chi connectivity index (χ3v) is 10.6. The molecular weight excluding hydrogens is 837 g/mol. The van der Waals surface area contributed by atoms with E-state index >= 15 is 0 Å². The Bertz CT molecular complexity index is 1990. The predicted octanol–water partition coefficient (Wildman–Crippen LogP) is 1.43. The number of aromatic nitrogens is 4. The summed E-state index contributed by atoms with van der Waals surface area (Å²) in [6.07, 6.45) is 5.82. The van der Waals surface area contributed by atoms with E-state index in [9.17, 15) is 33.6 Å². The molecule has 0 radical (unpaired) electrons. The molecule has 12 N–H and O–H groups in total. The SMILES string of the molecule is CC[C@H](C)[C@H](NC(=O)[C@@H](NC(=O)C[C@@H](N)[C@H](CC(C)C)NC(=O)[C@H](Cc1cnc[nH]1)NC(=O)[C@H](Cc1ccccc1)NC(=O)OC(C)(C)C)C(C)C)C(=O)N[C@@H](Cc1cnc[nH]1)C(N)=O. The molecule has 1 aromatic carbocycles. The first-order chi connectivity index (χ1) is 30.6. The first-order valence-electron chi connectivity index (χ1n) is 22.1. The third kappa shape index (κ3) is 18.4. The molecule has 0 bridgehead atoms. The van der Waals surface area contributed by atoms with Gasteiger partial charge in [-0.05, 0) is 50.5 Å². The number of nitrogens with one attached hydrogen (secondary N) is 8. The van der Waals surface area contributed by atoms with Gasteiger partial charge < -0.3 is 58.1 Å². The largest absolute Gasteiger partial charge is 0.444 e. The van der Waals surface area contributed by atoms with Gasteiger partial charge in [0.1, 0.15) is 35.8 Å². The molecule has 0 aliphatic carbocycles. The summed E-state index contributed by atoms with van der Waals surface area (Å²) >= 11 is 0. The molecule has 20 nitrogen and oxygen atoms in total. The highest BCUT2D eigenvalue weighted by Crippen LogP contribution is 2.15. The molecule has 0 aliphatic rings. The van der Waals surface area contributed by atoms with Crippen molar-refractivity contribution >= 4 is 41.5 Å². The zero-order valence-electron chi connectivity index (χ0n) is 39.0. The van der Waals surface area contributed by atoms with E-state index in [0.29, 0.717) is 24.2 Å². The van der Waals surface area contributed by atoms with Crippen LogP contribution >= 0.6 is 0 Å². The van der Waals surface area contributed by atoms with Gasteiger partial charge in [0.15, 0.2) is 0 Å². The summed E-state index contributed by atoms with van der Waals surface area (Å²) in [7, 11) is 0. The number of ether oxygens (including phenoxy) is 1. The van der Waals surface area contributed by atoms with Crippen LogP contribution in [0.5, 0.6) is 0 Å². The van der Waals surface area contributed by atoms with Crippen LogP contribution in [-0.4, -0.2) is 109 Å². The molecule has 0 unspecified atom stereocenters. The van der Waals surface area contributed by atoms with Gasteiger partial charge >= 0.3 is 6.09 Å². The van der Waals surface area contributed by atoms with Crippen LogP contribution in [0.25, 0.3) is 0 Å². The molecule has 2 aromatic heterocycles. The number of hydrogen-bond donors (Lipinski definition) is 10. The monoisotopic (exact) mass is 907 g/mol. The minimum Gasteiger partial charge on any atom is -0.444 e. The molecule has 7 amide bonds. The van der Waals surface area contributed by atoms with Gasteiger partial charge in [-0.1, -0.05) is 78.3 Å². The Morgan fingerprint density at radius 2 is 1.23 bits per heavy atom. The van der Waals surface area contributed by atoms with Crippen LogP contribution in [-0.2, 0) is 52.8 Å². The Hall–Kier alpha value is -6.31. The molecule has 0 saturated carbocycles. The highest BCUT2D eigenvalue weighted by molar-refractivity contribution is 5.95. The summed E-state index contributed by atoms with van der Waals surface area (Å²) in [5.74, 6) is -4.61. The molecule has 2 heterocycles. The van der Waals surface area contributed by atoms with Crippen LogP contribution in [0.1, 0.15) is 98.5 Å². The van der Waals surface area contributed by atoms with E-state index in [2.05, 4.69) is 51.8 Å². The van der Waals surface area contributed by atoms with Crippen LogP contribution < -0.4 is 43.4 Å². The Morgan fingerprint density at radius 1 is 0.692 bits per heavy atom. The Morgan fingerprint density at radius 3 is 1.74 bits per heavy atom. The lowest BCUT2D eigenvalue weighted by Gasteiger charge is -2.31. The zero-order chi connectivity index (χ0) is 48.4. The average molecular weight is 907 g/mol. The number of carbonyl (C=O) groups is 7. The van der Waals surface area contributed by atoms with Crippen molar-refractivity contribution in [2.75, 3.05) is 0 Å². The summed E-state index contributed by atoms with van der Waals surface area (Å²) < 4.78 is 5.44. The number of amides is 7. The lowest BCUT2D eigenvalue weighted by molar-refractivity contribution is -0.135. The number of imidazole rings is 2. The molecular formula is C45H70N12O8. The number of benzene rings is 1. The predicted molar refractivity (Wildman–Crippen MR) is 243 cm³/mol. The fourth-order valence-corrected chi connectivity index (χ4v) is 6.91. The normalized spacial score (nSPS) is 15.3. The van der Waals surface area contributed by atoms with Crippen molar-refractivity contribution in [1.29, 1.82) is 0 Å². The fraction of sp³-hybridized carbons (Fsp3) is 0.578. The zero-order valence-corrected chi connectivity index (χ0v) is 39.0. The van der Waals surface area contributed by atoms with E-state index in [1.165, 1.54) is 25.0 Å². The van der Waals surface area contributed by atoms with E-state index in [0.717, 1.165) is 5.56 Å². The van der Waals surface area contributed by atoms with Gasteiger partial charge in [0.25, 0.3) is 0 Å². The summed E-state index contributed by atoms with van der Waals surface area (Å²) in [5, 5.41) is 16.6. The number of primary amides is 1. The number of H-pyrrole nitrogens is 2. The number of hydrogen-bond acceptors (Lipinski definition) is 11.